The van der Waals surface area contributed by atoms with Crippen molar-refractivity contribution in [2.75, 3.05) is 5.32 Å². The molecule has 0 saturated heterocycles. The van der Waals surface area contributed by atoms with Gasteiger partial charge in [0.1, 0.15) is 0 Å². The Morgan fingerprint density at radius 1 is 1.12 bits per heavy atom. The van der Waals surface area contributed by atoms with Crippen molar-refractivity contribution in [2.45, 2.75) is 26.5 Å². The van der Waals surface area contributed by atoms with Gasteiger partial charge in [-0.2, -0.15) is 5.10 Å². The first kappa shape index (κ1) is 22.7. The van der Waals surface area contributed by atoms with Crippen LogP contribution in [0.2, 0.25) is 0 Å². The van der Waals surface area contributed by atoms with Crippen molar-refractivity contribution in [3.05, 3.63) is 95.8 Å². The minimum absolute atomic E-state index is 0.194. The predicted molar refractivity (Wildman–Crippen MR) is 128 cm³/mol. The standard InChI is InChI=1S/C26H24N4O4/c1-18-15-23(34-29-18)27-26(32)19(2)33-24(31)14-13-22-17-30(16-20-9-5-3-6-10-20)28-25(22)21-11-7-4-8-12-21/h3-15,17,19H,16H2,1-2H3,(H,27,32)/b14-13+. The van der Waals surface area contributed by atoms with E-state index in [0.717, 1.165) is 22.4 Å². The Kier molecular flexibility index (Phi) is 6.98. The topological polar surface area (TPSA) is 99.2 Å². The fourth-order valence-corrected chi connectivity index (χ4v) is 3.30. The number of aryl methyl sites for hydroxylation is 1. The van der Waals surface area contributed by atoms with Gasteiger partial charge in [-0.1, -0.05) is 65.8 Å². The lowest BCUT2D eigenvalue weighted by molar-refractivity contribution is -0.148. The monoisotopic (exact) mass is 456 g/mol. The van der Waals surface area contributed by atoms with Crippen LogP contribution in [-0.4, -0.2) is 32.9 Å². The van der Waals surface area contributed by atoms with Crippen molar-refractivity contribution < 1.29 is 18.8 Å². The summed E-state index contributed by atoms with van der Waals surface area (Å²) in [5, 5.41) is 10.9. The zero-order valence-corrected chi connectivity index (χ0v) is 18.8. The summed E-state index contributed by atoms with van der Waals surface area (Å²) in [5.74, 6) is -0.968. The van der Waals surface area contributed by atoms with Crippen LogP contribution >= 0.6 is 0 Å². The Morgan fingerprint density at radius 2 is 1.82 bits per heavy atom. The number of aromatic nitrogens is 3. The van der Waals surface area contributed by atoms with Crippen molar-refractivity contribution in [3.8, 4) is 11.3 Å². The van der Waals surface area contributed by atoms with Gasteiger partial charge in [0.25, 0.3) is 5.91 Å². The van der Waals surface area contributed by atoms with E-state index in [2.05, 4.69) is 10.5 Å². The number of nitrogens with zero attached hydrogens (tertiary/aromatic N) is 3. The van der Waals surface area contributed by atoms with Gasteiger partial charge in [0, 0.05) is 29.5 Å². The van der Waals surface area contributed by atoms with E-state index in [1.807, 2.05) is 71.5 Å². The number of rotatable bonds is 8. The largest absolute Gasteiger partial charge is 0.449 e. The molecule has 2 heterocycles. The second-order valence-corrected chi connectivity index (χ2v) is 7.72. The maximum absolute atomic E-state index is 12.4. The van der Waals surface area contributed by atoms with Crippen molar-refractivity contribution >= 4 is 23.8 Å². The molecule has 172 valence electrons. The van der Waals surface area contributed by atoms with Crippen LogP contribution < -0.4 is 5.32 Å². The molecular weight excluding hydrogens is 432 g/mol. The molecule has 2 aromatic carbocycles. The summed E-state index contributed by atoms with van der Waals surface area (Å²) in [7, 11) is 0. The van der Waals surface area contributed by atoms with Crippen LogP contribution in [0.25, 0.3) is 17.3 Å². The number of anilines is 1. The highest BCUT2D eigenvalue weighted by Crippen LogP contribution is 2.23. The SMILES string of the molecule is Cc1cc(NC(=O)C(C)OC(=O)/C=C/c2cn(Cc3ccccc3)nc2-c2ccccc2)on1. The van der Waals surface area contributed by atoms with E-state index < -0.39 is 18.0 Å². The van der Waals surface area contributed by atoms with E-state index >= 15 is 0 Å². The number of hydrogen-bond acceptors (Lipinski definition) is 6. The molecule has 8 nitrogen and oxygen atoms in total. The molecule has 0 bridgehead atoms. The summed E-state index contributed by atoms with van der Waals surface area (Å²) in [4.78, 5) is 24.6. The van der Waals surface area contributed by atoms with Gasteiger partial charge in [-0.25, -0.2) is 4.79 Å². The fourth-order valence-electron chi connectivity index (χ4n) is 3.30. The van der Waals surface area contributed by atoms with Gasteiger partial charge < -0.3 is 9.26 Å². The van der Waals surface area contributed by atoms with Crippen LogP contribution in [0.3, 0.4) is 0 Å². The third kappa shape index (κ3) is 5.86. The Labute approximate surface area is 196 Å². The molecule has 1 atom stereocenters. The van der Waals surface area contributed by atoms with Crippen LogP contribution in [0.1, 0.15) is 23.7 Å². The molecule has 4 aromatic rings. The summed E-state index contributed by atoms with van der Waals surface area (Å²) in [6.07, 6.45) is 3.79. The molecular formula is C26H24N4O4. The number of carbonyl (C=O) groups excluding carboxylic acids is 2. The number of nitrogens with one attached hydrogen (secondary N) is 1. The Balaban J connectivity index is 1.47. The molecule has 0 aliphatic rings. The number of carbonyl (C=O) groups is 2. The highest BCUT2D eigenvalue weighted by molar-refractivity contribution is 5.96. The normalized spacial score (nSPS) is 11.9. The molecule has 1 amide bonds. The summed E-state index contributed by atoms with van der Waals surface area (Å²) in [6.45, 7) is 3.81. The predicted octanol–water partition coefficient (Wildman–Crippen LogP) is 4.48. The summed E-state index contributed by atoms with van der Waals surface area (Å²) in [6, 6.07) is 21.3. The van der Waals surface area contributed by atoms with Crippen LogP contribution in [0, 0.1) is 6.92 Å². The quantitative estimate of drug-likeness (QED) is 0.310. The lowest BCUT2D eigenvalue weighted by Crippen LogP contribution is -2.29. The van der Waals surface area contributed by atoms with Gasteiger partial charge in [0.15, 0.2) is 6.10 Å². The van der Waals surface area contributed by atoms with Crippen molar-refractivity contribution in [1.82, 2.24) is 14.9 Å². The van der Waals surface area contributed by atoms with Crippen molar-refractivity contribution in [2.24, 2.45) is 0 Å². The number of benzene rings is 2. The van der Waals surface area contributed by atoms with Crippen LogP contribution in [-0.2, 0) is 20.9 Å². The van der Waals surface area contributed by atoms with E-state index in [1.165, 1.54) is 13.0 Å². The molecule has 0 spiro atoms. The lowest BCUT2D eigenvalue weighted by atomic mass is 10.1. The van der Waals surface area contributed by atoms with Crippen LogP contribution in [0.15, 0.2) is 83.5 Å². The van der Waals surface area contributed by atoms with Gasteiger partial charge in [0.05, 0.1) is 17.9 Å². The summed E-state index contributed by atoms with van der Waals surface area (Å²) < 4.78 is 12.0. The van der Waals surface area contributed by atoms with Gasteiger partial charge >= 0.3 is 5.97 Å². The molecule has 2 aromatic heterocycles. The average molecular weight is 457 g/mol. The first-order chi connectivity index (χ1) is 16.5. The molecule has 0 aliphatic carbocycles. The van der Waals surface area contributed by atoms with Crippen LogP contribution in [0.4, 0.5) is 5.88 Å². The molecule has 1 unspecified atom stereocenters. The van der Waals surface area contributed by atoms with Crippen molar-refractivity contribution in [1.29, 1.82) is 0 Å². The summed E-state index contributed by atoms with van der Waals surface area (Å²) >= 11 is 0. The second-order valence-electron chi connectivity index (χ2n) is 7.72. The fraction of sp³-hybridized carbons (Fsp3) is 0.154. The molecule has 0 aliphatic heterocycles. The molecule has 0 radical (unpaired) electrons. The zero-order valence-electron chi connectivity index (χ0n) is 18.8. The third-order valence-electron chi connectivity index (χ3n) is 4.96. The van der Waals surface area contributed by atoms with E-state index in [9.17, 15) is 9.59 Å². The summed E-state index contributed by atoms with van der Waals surface area (Å²) in [5.41, 5.74) is 4.17. The van der Waals surface area contributed by atoms with E-state index in [1.54, 1.807) is 19.1 Å². The van der Waals surface area contributed by atoms with Gasteiger partial charge in [-0.05, 0) is 25.5 Å². The van der Waals surface area contributed by atoms with Gasteiger partial charge in [-0.3, -0.25) is 14.8 Å². The smallest absolute Gasteiger partial charge is 0.331 e. The number of amides is 1. The highest BCUT2D eigenvalue weighted by atomic mass is 16.5. The van der Waals surface area contributed by atoms with E-state index in [-0.39, 0.29) is 5.88 Å². The molecule has 0 saturated carbocycles. The lowest BCUT2D eigenvalue weighted by Gasteiger charge is -2.10. The molecule has 4 rings (SSSR count). The van der Waals surface area contributed by atoms with E-state index in [4.69, 9.17) is 14.4 Å². The first-order valence-electron chi connectivity index (χ1n) is 10.8. The molecule has 34 heavy (non-hydrogen) atoms. The van der Waals surface area contributed by atoms with Gasteiger partial charge in [-0.15, -0.1) is 0 Å². The highest BCUT2D eigenvalue weighted by Gasteiger charge is 2.18. The minimum atomic E-state index is -1.02. The molecule has 1 N–H and O–H groups in total. The Bertz CT molecular complexity index is 1290. The number of ether oxygens (including phenoxy) is 1. The van der Waals surface area contributed by atoms with E-state index in [0.29, 0.717) is 12.2 Å². The van der Waals surface area contributed by atoms with Crippen LogP contribution in [0.5, 0.6) is 0 Å². The number of esters is 1. The van der Waals surface area contributed by atoms with Crippen molar-refractivity contribution in [3.63, 3.8) is 0 Å². The first-order valence-corrected chi connectivity index (χ1v) is 10.8. The van der Waals surface area contributed by atoms with Gasteiger partial charge in [0.2, 0.25) is 5.88 Å². The maximum atomic E-state index is 12.4. The second kappa shape index (κ2) is 10.4. The Morgan fingerprint density at radius 3 is 2.50 bits per heavy atom. The molecule has 0 fully saturated rings. The minimum Gasteiger partial charge on any atom is -0.449 e. The Hall–Kier alpha value is -4.46. The molecule has 8 heteroatoms. The average Bonchev–Trinajstić information content (AvgIpc) is 3.44. The maximum Gasteiger partial charge on any atom is 0.331 e. The number of hydrogen-bond donors (Lipinski definition) is 1. The third-order valence-corrected chi connectivity index (χ3v) is 4.96. The zero-order chi connectivity index (χ0) is 23.9.